The van der Waals surface area contributed by atoms with Crippen LogP contribution in [0.3, 0.4) is 0 Å². The number of nitrogens with zero attached hydrogens (tertiary/aromatic N) is 2. The van der Waals surface area contributed by atoms with Gasteiger partial charge in [-0.3, -0.25) is 28.9 Å². The molecule has 1 N–H and O–H groups in total. The molecule has 4 amide bonds. The number of phenolic OH excluding ortho intramolecular Hbond substituents is 1. The number of rotatable bonds is 6. The van der Waals surface area contributed by atoms with E-state index in [1.165, 1.54) is 32.2 Å². The van der Waals surface area contributed by atoms with Crippen molar-refractivity contribution in [1.29, 1.82) is 0 Å². The molecule has 12 heteroatoms. The molecule has 1 saturated carbocycles. The van der Waals surface area contributed by atoms with Gasteiger partial charge in [0.1, 0.15) is 5.82 Å². The van der Waals surface area contributed by atoms with E-state index in [-0.39, 0.29) is 35.8 Å². The third kappa shape index (κ3) is 4.75. The summed E-state index contributed by atoms with van der Waals surface area (Å²) >= 11 is 14.7. The van der Waals surface area contributed by atoms with Gasteiger partial charge in [0.25, 0.3) is 11.8 Å². The lowest BCUT2D eigenvalue weighted by Crippen LogP contribution is -2.60. The van der Waals surface area contributed by atoms with Crippen molar-refractivity contribution in [2.45, 2.75) is 29.5 Å². The van der Waals surface area contributed by atoms with Gasteiger partial charge in [0.15, 0.2) is 27.0 Å². The maximum absolute atomic E-state index is 14.4. The SMILES string of the molecule is COc1cc(C=CC2C3=CCC4C(=O)N(c5ccc(C(C)=O)cc5)C(=O)C4C3CC3(Cl)C(=O)N(c4ccc(F)cc4)C(=O)C23Cl)ccc1O. The number of allylic oxidation sites excluding steroid dienone is 3. The molecule has 6 unspecified atom stereocenters. The molecule has 4 aliphatic rings. The number of hydrogen-bond acceptors (Lipinski definition) is 7. The molecule has 2 aliphatic heterocycles. The number of benzene rings is 3. The first-order chi connectivity index (χ1) is 23.3. The predicted octanol–water partition coefficient (Wildman–Crippen LogP) is 6.06. The van der Waals surface area contributed by atoms with E-state index in [0.29, 0.717) is 22.4 Å². The Hall–Kier alpha value is -4.80. The van der Waals surface area contributed by atoms with Crippen LogP contribution >= 0.6 is 23.2 Å². The van der Waals surface area contributed by atoms with E-state index in [1.54, 1.807) is 48.6 Å². The molecule has 3 fully saturated rings. The Bertz CT molecular complexity index is 2010. The second-order valence-corrected chi connectivity index (χ2v) is 13.9. The molecule has 2 saturated heterocycles. The van der Waals surface area contributed by atoms with Crippen molar-refractivity contribution in [2.24, 2.45) is 23.7 Å². The van der Waals surface area contributed by atoms with Gasteiger partial charge in [0, 0.05) is 11.5 Å². The van der Waals surface area contributed by atoms with Gasteiger partial charge in [-0.05, 0) is 91.9 Å². The Morgan fingerprint density at radius 3 is 2.22 bits per heavy atom. The Morgan fingerprint density at radius 2 is 1.57 bits per heavy atom. The summed E-state index contributed by atoms with van der Waals surface area (Å²) in [4.78, 5) is 66.4. The van der Waals surface area contributed by atoms with Crippen molar-refractivity contribution < 1.29 is 38.2 Å². The van der Waals surface area contributed by atoms with Crippen LogP contribution in [-0.4, -0.2) is 51.4 Å². The fraction of sp³-hybridized carbons (Fsp3) is 0.270. The molecular weight excluding hydrogens is 674 g/mol. The van der Waals surface area contributed by atoms with Crippen LogP contribution in [0.1, 0.15) is 35.7 Å². The Labute approximate surface area is 290 Å². The highest BCUT2D eigenvalue weighted by Crippen LogP contribution is 2.63. The molecule has 2 aliphatic carbocycles. The van der Waals surface area contributed by atoms with Gasteiger partial charge in [-0.15, -0.1) is 23.2 Å². The number of methoxy groups -OCH3 is 1. The number of hydrogen-bond donors (Lipinski definition) is 1. The summed E-state index contributed by atoms with van der Waals surface area (Å²) in [5.74, 6) is -6.59. The van der Waals surface area contributed by atoms with Gasteiger partial charge >= 0.3 is 0 Å². The number of aromatic hydroxyl groups is 1. The van der Waals surface area contributed by atoms with Crippen LogP contribution in [0, 0.1) is 29.5 Å². The molecular formula is C37H29Cl2FN2O7. The summed E-state index contributed by atoms with van der Waals surface area (Å²) in [6.45, 7) is 1.42. The monoisotopic (exact) mass is 702 g/mol. The van der Waals surface area contributed by atoms with E-state index in [2.05, 4.69) is 0 Å². The topological polar surface area (TPSA) is 121 Å². The summed E-state index contributed by atoms with van der Waals surface area (Å²) < 4.78 is 19.1. The summed E-state index contributed by atoms with van der Waals surface area (Å²) in [7, 11) is 1.40. The van der Waals surface area contributed by atoms with E-state index < -0.39 is 62.9 Å². The first-order valence-corrected chi connectivity index (χ1v) is 16.3. The molecule has 3 aromatic carbocycles. The second kappa shape index (κ2) is 11.7. The number of ether oxygens (including phenoxy) is 1. The van der Waals surface area contributed by atoms with Crippen molar-refractivity contribution >= 4 is 70.1 Å². The van der Waals surface area contributed by atoms with Crippen LogP contribution in [0.25, 0.3) is 6.08 Å². The minimum absolute atomic E-state index is 0.0802. The van der Waals surface area contributed by atoms with Gasteiger partial charge < -0.3 is 9.84 Å². The van der Waals surface area contributed by atoms with Gasteiger partial charge in [0.2, 0.25) is 11.8 Å². The van der Waals surface area contributed by atoms with Crippen LogP contribution in [0.4, 0.5) is 15.8 Å². The standard InChI is InChI=1S/C37H29Cl2FN2O7/c1-19(43)21-5-9-23(10-6-21)41-32(45)26-14-13-25-27(31(26)33(41)46)18-36(38)34(47)42(24-11-7-22(40)8-12-24)35(48)37(36,39)28(25)15-3-20-4-16-29(44)30(17-20)49-2/h3-13,15-17,26-28,31,44H,14,18H2,1-2H3. The third-order valence-electron chi connectivity index (χ3n) is 10.2. The number of halogens is 3. The molecule has 7 rings (SSSR count). The van der Waals surface area contributed by atoms with Crippen LogP contribution in [0.2, 0.25) is 0 Å². The molecule has 0 spiro atoms. The molecule has 6 atom stereocenters. The minimum Gasteiger partial charge on any atom is -0.504 e. The molecule has 9 nitrogen and oxygen atoms in total. The Kier molecular flexibility index (Phi) is 7.79. The maximum Gasteiger partial charge on any atom is 0.258 e. The molecule has 49 heavy (non-hydrogen) atoms. The van der Waals surface area contributed by atoms with Crippen LogP contribution in [-0.2, 0) is 19.2 Å². The molecule has 2 heterocycles. The zero-order valence-corrected chi connectivity index (χ0v) is 27.7. The van der Waals surface area contributed by atoms with Gasteiger partial charge in [-0.2, -0.15) is 0 Å². The normalized spacial score (nSPS) is 29.2. The number of anilines is 2. The highest BCUT2D eigenvalue weighted by molar-refractivity contribution is 6.58. The van der Waals surface area contributed by atoms with Gasteiger partial charge in [-0.25, -0.2) is 9.29 Å². The van der Waals surface area contributed by atoms with E-state index >= 15 is 0 Å². The Balaban J connectivity index is 1.34. The van der Waals surface area contributed by atoms with Crippen molar-refractivity contribution in [3.05, 3.63) is 101 Å². The van der Waals surface area contributed by atoms with Crippen molar-refractivity contribution in [3.8, 4) is 11.5 Å². The van der Waals surface area contributed by atoms with Crippen LogP contribution < -0.4 is 14.5 Å². The fourth-order valence-electron chi connectivity index (χ4n) is 7.75. The molecule has 0 aromatic heterocycles. The van der Waals surface area contributed by atoms with E-state index in [0.717, 1.165) is 21.9 Å². The van der Waals surface area contributed by atoms with Gasteiger partial charge in [0.05, 0.1) is 30.3 Å². The molecule has 0 bridgehead atoms. The summed E-state index contributed by atoms with van der Waals surface area (Å²) in [6.07, 6.45) is 5.07. The summed E-state index contributed by atoms with van der Waals surface area (Å²) in [6, 6.07) is 15.6. The average Bonchev–Trinajstić information content (AvgIpc) is 3.43. The number of ketones is 1. The number of phenols is 1. The Morgan fingerprint density at radius 1 is 0.918 bits per heavy atom. The summed E-state index contributed by atoms with van der Waals surface area (Å²) in [5, 5.41) is 10.1. The highest BCUT2D eigenvalue weighted by atomic mass is 35.5. The minimum atomic E-state index is -2.07. The van der Waals surface area contributed by atoms with E-state index in [9.17, 15) is 33.5 Å². The molecule has 3 aromatic rings. The molecule has 250 valence electrons. The van der Waals surface area contributed by atoms with Gasteiger partial charge in [-0.1, -0.05) is 29.9 Å². The zero-order chi connectivity index (χ0) is 35.0. The summed E-state index contributed by atoms with van der Waals surface area (Å²) in [5.41, 5.74) is 1.98. The number of amides is 4. The molecule has 0 radical (unpaired) electrons. The lowest BCUT2D eigenvalue weighted by atomic mass is 9.57. The predicted molar refractivity (Wildman–Crippen MR) is 180 cm³/mol. The highest BCUT2D eigenvalue weighted by Gasteiger charge is 2.76. The smallest absolute Gasteiger partial charge is 0.258 e. The zero-order valence-electron chi connectivity index (χ0n) is 26.2. The first kappa shape index (κ1) is 32.7. The van der Waals surface area contributed by atoms with E-state index in [4.69, 9.17) is 27.9 Å². The number of fused-ring (bicyclic) bond motifs is 4. The lowest BCUT2D eigenvalue weighted by Gasteiger charge is -2.49. The van der Waals surface area contributed by atoms with Crippen molar-refractivity contribution in [3.63, 3.8) is 0 Å². The van der Waals surface area contributed by atoms with E-state index in [1.807, 2.05) is 6.08 Å². The quantitative estimate of drug-likeness (QED) is 0.144. The lowest BCUT2D eigenvalue weighted by molar-refractivity contribution is -0.125. The number of Topliss-reactive ketones (excluding diaryl/α,β-unsaturated/α-hetero) is 1. The van der Waals surface area contributed by atoms with Crippen molar-refractivity contribution in [2.75, 3.05) is 16.9 Å². The number of alkyl halides is 2. The fourth-order valence-corrected chi connectivity index (χ4v) is 8.64. The second-order valence-electron chi connectivity index (χ2n) is 12.7. The number of carbonyl (C=O) groups excluding carboxylic acids is 5. The largest absolute Gasteiger partial charge is 0.504 e. The van der Waals surface area contributed by atoms with Crippen LogP contribution in [0.5, 0.6) is 11.5 Å². The maximum atomic E-state index is 14.4. The first-order valence-electron chi connectivity index (χ1n) is 15.6. The van der Waals surface area contributed by atoms with Crippen LogP contribution in [0.15, 0.2) is 84.5 Å². The van der Waals surface area contributed by atoms with Crippen molar-refractivity contribution in [1.82, 2.24) is 0 Å². The third-order valence-corrected chi connectivity index (χ3v) is 11.6. The number of carbonyl (C=O) groups is 5. The average molecular weight is 704 g/mol. The number of imide groups is 2.